The Morgan fingerprint density at radius 3 is 1.68 bits per heavy atom. The number of hydrogen-bond donors (Lipinski definition) is 2. The van der Waals surface area contributed by atoms with Gasteiger partial charge in [0.15, 0.2) is 0 Å². The normalized spacial score (nSPS) is 11.5. The molecule has 0 aromatic heterocycles. The third-order valence-corrected chi connectivity index (χ3v) is 3.08. The van der Waals surface area contributed by atoms with Crippen molar-refractivity contribution in [2.75, 3.05) is 0 Å². The van der Waals surface area contributed by atoms with Gasteiger partial charge in [0.2, 0.25) is 5.91 Å². The molecule has 22 heavy (non-hydrogen) atoms. The number of carboxylic acid groups (broad SMARTS) is 1. The molecule has 4 nitrogen and oxygen atoms in total. The number of carboxylic acids is 1. The maximum atomic E-state index is 10.7. The molecule has 0 saturated carbocycles. The topological polar surface area (TPSA) is 80.4 Å². The Bertz CT molecular complexity index is 393. The summed E-state index contributed by atoms with van der Waals surface area (Å²) in [6, 6.07) is 0. The summed E-state index contributed by atoms with van der Waals surface area (Å²) in [6.45, 7) is 7.51. The largest absolute Gasteiger partial charge is 0.481 e. The van der Waals surface area contributed by atoms with Crippen molar-refractivity contribution in [3.05, 3.63) is 0 Å². The van der Waals surface area contributed by atoms with E-state index in [0.717, 1.165) is 25.7 Å². The van der Waals surface area contributed by atoms with Gasteiger partial charge >= 0.3 is 5.97 Å². The van der Waals surface area contributed by atoms with Crippen LogP contribution >= 0.6 is 0 Å². The number of hydrogen-bond acceptors (Lipinski definition) is 2. The summed E-state index contributed by atoms with van der Waals surface area (Å²) in [6.07, 6.45) is 4.56. The molecule has 3 N–H and O–H groups in total. The van der Waals surface area contributed by atoms with Crippen LogP contribution in [0, 0.1) is 35.5 Å². The Morgan fingerprint density at radius 2 is 1.36 bits per heavy atom. The first-order chi connectivity index (χ1) is 10.4. The molecular formula is C18H29NO3. The number of carbonyl (C=O) groups is 2. The van der Waals surface area contributed by atoms with E-state index >= 15 is 0 Å². The quantitative estimate of drug-likeness (QED) is 0.676. The van der Waals surface area contributed by atoms with Crippen LogP contribution in [0.5, 0.6) is 0 Å². The zero-order chi connectivity index (χ0) is 17.4. The first-order valence-corrected chi connectivity index (χ1v) is 7.75. The van der Waals surface area contributed by atoms with Crippen LogP contribution in [0.1, 0.15) is 66.2 Å². The highest BCUT2D eigenvalue weighted by atomic mass is 16.4. The molecule has 0 unspecified atom stereocenters. The Balaban J connectivity index is 0. The van der Waals surface area contributed by atoms with Crippen molar-refractivity contribution < 1.29 is 14.7 Å². The average molecular weight is 307 g/mol. The standard InChI is InChI=1S/C9H15NO.C9H14O2/c2*1-3-5-7-8(6-4-2)9(10)11/h8H,4,6-7H2,1-2H3,(H2,10,11);8H,4,6-7H2,1-2H3,(H,10,11)/t2*8-/m11/s1. The lowest BCUT2D eigenvalue weighted by Gasteiger charge is -2.06. The van der Waals surface area contributed by atoms with Gasteiger partial charge in [0.1, 0.15) is 0 Å². The second-order valence-electron chi connectivity index (χ2n) is 4.97. The third kappa shape index (κ3) is 13.1. The molecule has 0 aromatic carbocycles. The molecule has 0 aliphatic carbocycles. The molecule has 2 atom stereocenters. The van der Waals surface area contributed by atoms with Crippen molar-refractivity contribution >= 4 is 11.9 Å². The maximum absolute atomic E-state index is 10.7. The monoisotopic (exact) mass is 307 g/mol. The predicted octanol–water partition coefficient (Wildman–Crippen LogP) is 3.20. The molecule has 0 rings (SSSR count). The fourth-order valence-corrected chi connectivity index (χ4v) is 1.81. The molecule has 0 saturated heterocycles. The molecule has 0 heterocycles. The van der Waals surface area contributed by atoms with Crippen LogP contribution in [0.2, 0.25) is 0 Å². The summed E-state index contributed by atoms with van der Waals surface area (Å²) in [5, 5.41) is 8.66. The second-order valence-corrected chi connectivity index (χ2v) is 4.97. The molecule has 0 aromatic rings. The first-order valence-electron chi connectivity index (χ1n) is 7.75. The second kappa shape index (κ2) is 15.4. The van der Waals surface area contributed by atoms with Crippen LogP contribution in [0.3, 0.4) is 0 Å². The van der Waals surface area contributed by atoms with E-state index in [1.807, 2.05) is 13.8 Å². The zero-order valence-electron chi connectivity index (χ0n) is 14.2. The lowest BCUT2D eigenvalue weighted by molar-refractivity contribution is -0.141. The summed E-state index contributed by atoms with van der Waals surface area (Å²) in [5.41, 5.74) is 5.16. The van der Waals surface area contributed by atoms with Gasteiger partial charge in [-0.3, -0.25) is 9.59 Å². The highest BCUT2D eigenvalue weighted by Crippen LogP contribution is 2.10. The molecule has 4 heteroatoms. The molecule has 0 fully saturated rings. The molecule has 0 bridgehead atoms. The van der Waals surface area contributed by atoms with Crippen molar-refractivity contribution in [3.63, 3.8) is 0 Å². The van der Waals surface area contributed by atoms with Crippen molar-refractivity contribution in [2.45, 2.75) is 66.2 Å². The summed E-state index contributed by atoms with van der Waals surface area (Å²) in [5.74, 6) is 9.83. The van der Waals surface area contributed by atoms with E-state index in [1.54, 1.807) is 13.8 Å². The van der Waals surface area contributed by atoms with Gasteiger partial charge in [-0.05, 0) is 26.7 Å². The summed E-state index contributed by atoms with van der Waals surface area (Å²) in [4.78, 5) is 21.3. The maximum Gasteiger partial charge on any atom is 0.307 e. The van der Waals surface area contributed by atoms with E-state index in [2.05, 4.69) is 23.7 Å². The van der Waals surface area contributed by atoms with Crippen LogP contribution in [-0.2, 0) is 9.59 Å². The van der Waals surface area contributed by atoms with Crippen molar-refractivity contribution in [2.24, 2.45) is 17.6 Å². The molecule has 1 amide bonds. The van der Waals surface area contributed by atoms with Gasteiger partial charge in [0.05, 0.1) is 5.92 Å². The van der Waals surface area contributed by atoms with Crippen LogP contribution in [0.4, 0.5) is 0 Å². The summed E-state index contributed by atoms with van der Waals surface area (Å²) >= 11 is 0. The Kier molecular flexibility index (Phi) is 15.7. The van der Waals surface area contributed by atoms with Crippen LogP contribution in [0.25, 0.3) is 0 Å². The molecule has 124 valence electrons. The van der Waals surface area contributed by atoms with Crippen molar-refractivity contribution in [1.29, 1.82) is 0 Å². The Labute approximate surface area is 134 Å². The zero-order valence-corrected chi connectivity index (χ0v) is 14.2. The minimum Gasteiger partial charge on any atom is -0.481 e. The molecule has 0 radical (unpaired) electrons. The SMILES string of the molecule is CC#CC[C@@H](CCC)C(=O)O.CC#CC[C@@H](CCC)C(N)=O. The van der Waals surface area contributed by atoms with Crippen molar-refractivity contribution in [1.82, 2.24) is 0 Å². The number of amides is 1. The molecule has 0 aliphatic rings. The molecular weight excluding hydrogens is 278 g/mol. The van der Waals surface area contributed by atoms with Gasteiger partial charge in [-0.25, -0.2) is 0 Å². The molecule has 0 aliphatic heterocycles. The third-order valence-electron chi connectivity index (χ3n) is 3.08. The fourth-order valence-electron chi connectivity index (χ4n) is 1.81. The number of nitrogens with two attached hydrogens (primary N) is 1. The smallest absolute Gasteiger partial charge is 0.307 e. The van der Waals surface area contributed by atoms with Gasteiger partial charge in [-0.2, -0.15) is 0 Å². The van der Waals surface area contributed by atoms with E-state index in [0.29, 0.717) is 12.8 Å². The van der Waals surface area contributed by atoms with E-state index < -0.39 is 5.97 Å². The van der Waals surface area contributed by atoms with E-state index in [-0.39, 0.29) is 17.7 Å². The van der Waals surface area contributed by atoms with Gasteiger partial charge in [-0.1, -0.05) is 26.7 Å². The van der Waals surface area contributed by atoms with Crippen LogP contribution in [-0.4, -0.2) is 17.0 Å². The Morgan fingerprint density at radius 1 is 0.955 bits per heavy atom. The highest BCUT2D eigenvalue weighted by Gasteiger charge is 2.14. The summed E-state index contributed by atoms with van der Waals surface area (Å²) in [7, 11) is 0. The average Bonchev–Trinajstić information content (AvgIpc) is 2.48. The Hall–Kier alpha value is -1.94. The lowest BCUT2D eigenvalue weighted by Crippen LogP contribution is -2.22. The van der Waals surface area contributed by atoms with E-state index in [1.165, 1.54) is 0 Å². The minimum atomic E-state index is -0.727. The predicted molar refractivity (Wildman–Crippen MR) is 89.8 cm³/mol. The summed E-state index contributed by atoms with van der Waals surface area (Å²) < 4.78 is 0. The molecule has 0 spiro atoms. The lowest BCUT2D eigenvalue weighted by atomic mass is 10.00. The van der Waals surface area contributed by atoms with Gasteiger partial charge in [0, 0.05) is 18.8 Å². The fraction of sp³-hybridized carbons (Fsp3) is 0.667. The minimum absolute atomic E-state index is 0.0487. The van der Waals surface area contributed by atoms with Gasteiger partial charge in [0.25, 0.3) is 0 Å². The van der Waals surface area contributed by atoms with Gasteiger partial charge < -0.3 is 10.8 Å². The number of aliphatic carboxylic acids is 1. The van der Waals surface area contributed by atoms with Crippen LogP contribution in [0.15, 0.2) is 0 Å². The van der Waals surface area contributed by atoms with E-state index in [4.69, 9.17) is 10.8 Å². The number of carbonyl (C=O) groups excluding carboxylic acids is 1. The van der Waals surface area contributed by atoms with Gasteiger partial charge in [-0.15, -0.1) is 23.7 Å². The highest BCUT2D eigenvalue weighted by molar-refractivity contribution is 5.76. The van der Waals surface area contributed by atoms with E-state index in [9.17, 15) is 9.59 Å². The van der Waals surface area contributed by atoms with Crippen LogP contribution < -0.4 is 5.73 Å². The van der Waals surface area contributed by atoms with Crippen molar-refractivity contribution in [3.8, 4) is 23.7 Å². The first kappa shape index (κ1) is 22.3. The number of primary amides is 1. The number of rotatable bonds is 8.